The maximum atomic E-state index is 4.69. The Morgan fingerprint density at radius 1 is 1.28 bits per heavy atom. The van der Waals surface area contributed by atoms with Gasteiger partial charge in [0.15, 0.2) is 0 Å². The van der Waals surface area contributed by atoms with E-state index in [2.05, 4.69) is 56.4 Å². The Kier molecular flexibility index (Phi) is 3.82. The van der Waals surface area contributed by atoms with E-state index in [0.717, 1.165) is 17.9 Å². The van der Waals surface area contributed by atoms with E-state index in [0.29, 0.717) is 6.04 Å². The summed E-state index contributed by atoms with van der Waals surface area (Å²) in [4.78, 5) is 6.87. The first-order valence-electron chi connectivity index (χ1n) is 6.34. The van der Waals surface area contributed by atoms with Gasteiger partial charge >= 0.3 is 0 Å². The van der Waals surface area contributed by atoms with E-state index in [1.807, 2.05) is 12.1 Å². The highest BCUT2D eigenvalue weighted by Crippen LogP contribution is 2.20. The lowest BCUT2D eigenvalue weighted by molar-refractivity contribution is 0.392. The van der Waals surface area contributed by atoms with Crippen molar-refractivity contribution in [2.24, 2.45) is 0 Å². The van der Waals surface area contributed by atoms with Gasteiger partial charge < -0.3 is 10.2 Å². The molecule has 1 aromatic carbocycles. The van der Waals surface area contributed by atoms with Gasteiger partial charge in [-0.25, -0.2) is 4.98 Å². The van der Waals surface area contributed by atoms with E-state index in [9.17, 15) is 0 Å². The van der Waals surface area contributed by atoms with Crippen LogP contribution in [0, 0.1) is 6.92 Å². The van der Waals surface area contributed by atoms with Crippen molar-refractivity contribution in [2.45, 2.75) is 19.9 Å². The molecule has 0 aliphatic rings. The summed E-state index contributed by atoms with van der Waals surface area (Å²) in [6.45, 7) is 5.27. The lowest BCUT2D eigenvalue weighted by Crippen LogP contribution is -2.30. The van der Waals surface area contributed by atoms with Gasteiger partial charge in [-0.05, 0) is 45.6 Å². The van der Waals surface area contributed by atoms with Gasteiger partial charge in [-0.3, -0.25) is 0 Å². The van der Waals surface area contributed by atoms with Crippen LogP contribution in [0.1, 0.15) is 12.5 Å². The quantitative estimate of drug-likeness (QED) is 0.895. The highest BCUT2D eigenvalue weighted by molar-refractivity contribution is 5.81. The zero-order valence-electron chi connectivity index (χ0n) is 11.6. The van der Waals surface area contributed by atoms with Gasteiger partial charge in [-0.2, -0.15) is 0 Å². The number of fused-ring (bicyclic) bond motifs is 1. The summed E-state index contributed by atoms with van der Waals surface area (Å²) in [5, 5.41) is 4.68. The average molecular weight is 243 g/mol. The van der Waals surface area contributed by atoms with Crippen LogP contribution in [0.3, 0.4) is 0 Å². The third-order valence-corrected chi connectivity index (χ3v) is 2.94. The Hall–Kier alpha value is -1.61. The topological polar surface area (TPSA) is 28.2 Å². The van der Waals surface area contributed by atoms with E-state index >= 15 is 0 Å². The van der Waals surface area contributed by atoms with Crippen molar-refractivity contribution in [3.05, 3.63) is 35.9 Å². The standard InChI is InChI=1S/C15H21N3/c1-11-9-13-7-5-6-8-14(13)17-15(11)16-12(2)10-18(3)4/h5-9,12H,10H2,1-4H3,(H,16,17). The molecule has 0 aliphatic carbocycles. The molecule has 1 aromatic heterocycles. The van der Waals surface area contributed by atoms with Crippen molar-refractivity contribution in [3.63, 3.8) is 0 Å². The second-order valence-corrected chi connectivity index (χ2v) is 5.15. The molecule has 0 bridgehead atoms. The molecule has 1 atom stereocenters. The number of para-hydroxylation sites is 1. The number of hydrogen-bond acceptors (Lipinski definition) is 3. The van der Waals surface area contributed by atoms with E-state index < -0.39 is 0 Å². The molecule has 18 heavy (non-hydrogen) atoms. The molecule has 0 saturated heterocycles. The molecule has 2 rings (SSSR count). The van der Waals surface area contributed by atoms with Crippen molar-refractivity contribution in [3.8, 4) is 0 Å². The number of benzene rings is 1. The van der Waals surface area contributed by atoms with Crippen molar-refractivity contribution in [1.29, 1.82) is 0 Å². The summed E-state index contributed by atoms with van der Waals surface area (Å²) in [5.74, 6) is 0.989. The monoisotopic (exact) mass is 243 g/mol. The molecule has 2 aromatic rings. The Bertz CT molecular complexity index is 534. The molecule has 96 valence electrons. The first-order chi connectivity index (χ1) is 8.56. The smallest absolute Gasteiger partial charge is 0.129 e. The van der Waals surface area contributed by atoms with Crippen LogP contribution in [0.2, 0.25) is 0 Å². The van der Waals surface area contributed by atoms with E-state index in [1.165, 1.54) is 10.9 Å². The molecular formula is C15H21N3. The summed E-state index contributed by atoms with van der Waals surface area (Å²) in [7, 11) is 4.16. The lowest BCUT2D eigenvalue weighted by atomic mass is 10.1. The third-order valence-electron chi connectivity index (χ3n) is 2.94. The van der Waals surface area contributed by atoms with E-state index in [4.69, 9.17) is 4.98 Å². The molecule has 0 fully saturated rings. The zero-order chi connectivity index (χ0) is 13.1. The average Bonchev–Trinajstić information content (AvgIpc) is 2.29. The maximum absolute atomic E-state index is 4.69. The van der Waals surface area contributed by atoms with Crippen LogP contribution in [-0.4, -0.2) is 36.6 Å². The van der Waals surface area contributed by atoms with Crippen LogP contribution < -0.4 is 5.32 Å². The van der Waals surface area contributed by atoms with Crippen LogP contribution in [0.15, 0.2) is 30.3 Å². The van der Waals surface area contributed by atoms with Gasteiger partial charge in [-0.1, -0.05) is 18.2 Å². The second-order valence-electron chi connectivity index (χ2n) is 5.15. The molecule has 3 heteroatoms. The van der Waals surface area contributed by atoms with Crippen molar-refractivity contribution in [2.75, 3.05) is 26.0 Å². The van der Waals surface area contributed by atoms with Gasteiger partial charge in [0.25, 0.3) is 0 Å². The van der Waals surface area contributed by atoms with Gasteiger partial charge in [0.1, 0.15) is 5.82 Å². The number of likely N-dealkylation sites (N-methyl/N-ethyl adjacent to an activating group) is 1. The Balaban J connectivity index is 2.25. The Labute approximate surface area is 109 Å². The van der Waals surface area contributed by atoms with Gasteiger partial charge in [0.05, 0.1) is 5.52 Å². The van der Waals surface area contributed by atoms with Crippen LogP contribution in [0.5, 0.6) is 0 Å². The van der Waals surface area contributed by atoms with Crippen LogP contribution in [0.4, 0.5) is 5.82 Å². The molecule has 0 aliphatic heterocycles. The zero-order valence-corrected chi connectivity index (χ0v) is 11.6. The maximum Gasteiger partial charge on any atom is 0.129 e. The summed E-state index contributed by atoms with van der Waals surface area (Å²) in [6.07, 6.45) is 0. The van der Waals surface area contributed by atoms with E-state index in [1.54, 1.807) is 0 Å². The van der Waals surface area contributed by atoms with E-state index in [-0.39, 0.29) is 0 Å². The van der Waals surface area contributed by atoms with Crippen molar-refractivity contribution >= 4 is 16.7 Å². The number of anilines is 1. The minimum atomic E-state index is 0.382. The van der Waals surface area contributed by atoms with Crippen LogP contribution in [0.25, 0.3) is 10.9 Å². The van der Waals surface area contributed by atoms with Gasteiger partial charge in [0, 0.05) is 18.0 Å². The number of rotatable bonds is 4. The molecule has 0 radical (unpaired) electrons. The highest BCUT2D eigenvalue weighted by Gasteiger charge is 2.07. The van der Waals surface area contributed by atoms with Gasteiger partial charge in [0.2, 0.25) is 0 Å². The predicted molar refractivity (Wildman–Crippen MR) is 78.1 cm³/mol. The number of hydrogen-bond donors (Lipinski definition) is 1. The summed E-state index contributed by atoms with van der Waals surface area (Å²) >= 11 is 0. The van der Waals surface area contributed by atoms with Gasteiger partial charge in [-0.15, -0.1) is 0 Å². The van der Waals surface area contributed by atoms with Crippen molar-refractivity contribution in [1.82, 2.24) is 9.88 Å². The minimum absolute atomic E-state index is 0.382. The highest BCUT2D eigenvalue weighted by atomic mass is 15.1. The fourth-order valence-corrected chi connectivity index (χ4v) is 2.19. The Morgan fingerprint density at radius 2 is 2.00 bits per heavy atom. The fraction of sp³-hybridized carbons (Fsp3) is 0.400. The normalized spacial score (nSPS) is 12.9. The summed E-state index contributed by atoms with van der Waals surface area (Å²) < 4.78 is 0. The molecule has 1 heterocycles. The first kappa shape index (κ1) is 12.8. The lowest BCUT2D eigenvalue weighted by Gasteiger charge is -2.20. The van der Waals surface area contributed by atoms with Crippen LogP contribution >= 0.6 is 0 Å². The molecule has 1 unspecified atom stereocenters. The molecule has 3 nitrogen and oxygen atoms in total. The molecule has 0 amide bonds. The number of nitrogens with one attached hydrogen (secondary N) is 1. The predicted octanol–water partition coefficient (Wildman–Crippen LogP) is 2.91. The fourth-order valence-electron chi connectivity index (χ4n) is 2.19. The second kappa shape index (κ2) is 5.36. The molecule has 1 N–H and O–H groups in total. The molecule has 0 spiro atoms. The van der Waals surface area contributed by atoms with Crippen LogP contribution in [-0.2, 0) is 0 Å². The molecular weight excluding hydrogens is 222 g/mol. The SMILES string of the molecule is Cc1cc2ccccc2nc1NC(C)CN(C)C. The molecule has 0 saturated carbocycles. The Morgan fingerprint density at radius 3 is 2.72 bits per heavy atom. The number of aryl methyl sites for hydroxylation is 1. The number of pyridine rings is 1. The summed E-state index contributed by atoms with van der Waals surface area (Å²) in [5.41, 5.74) is 2.24. The number of aromatic nitrogens is 1. The summed E-state index contributed by atoms with van der Waals surface area (Å²) in [6, 6.07) is 10.8. The first-order valence-corrected chi connectivity index (χ1v) is 6.34. The largest absolute Gasteiger partial charge is 0.366 e. The van der Waals surface area contributed by atoms with Crippen molar-refractivity contribution < 1.29 is 0 Å². The minimum Gasteiger partial charge on any atom is -0.366 e. The third kappa shape index (κ3) is 2.99. The number of nitrogens with zero attached hydrogens (tertiary/aromatic N) is 2.